The van der Waals surface area contributed by atoms with Crippen molar-refractivity contribution in [3.63, 3.8) is 0 Å². The largest absolute Gasteiger partial charge is 0.326 e. The van der Waals surface area contributed by atoms with Gasteiger partial charge in [0, 0.05) is 36.3 Å². The number of carbonyl (C=O) groups excluding carboxylic acids is 3. The van der Waals surface area contributed by atoms with E-state index in [1.165, 1.54) is 0 Å². The Morgan fingerprint density at radius 3 is 1.40 bits per heavy atom. The lowest BCUT2D eigenvalue weighted by Gasteiger charge is -2.15. The van der Waals surface area contributed by atoms with Crippen molar-refractivity contribution < 1.29 is 14.4 Å². The van der Waals surface area contributed by atoms with Crippen molar-refractivity contribution in [1.29, 1.82) is 0 Å². The van der Waals surface area contributed by atoms with Gasteiger partial charge in [-0.3, -0.25) is 14.4 Å². The molecule has 1 unspecified atom stereocenters. The van der Waals surface area contributed by atoms with E-state index in [1.54, 1.807) is 18.2 Å². The van der Waals surface area contributed by atoms with E-state index < -0.39 is 0 Å². The number of nitrogens with one attached hydrogen (secondary N) is 3. The highest BCUT2D eigenvalue weighted by Crippen LogP contribution is 2.25. The van der Waals surface area contributed by atoms with Crippen molar-refractivity contribution in [3.05, 3.63) is 18.2 Å². The average molecular weight is 418 g/mol. The first-order valence-electron chi connectivity index (χ1n) is 11.1. The number of anilines is 3. The molecule has 0 aliphatic heterocycles. The first-order chi connectivity index (χ1) is 14.1. The number of rotatable bonds is 12. The minimum Gasteiger partial charge on any atom is -0.326 e. The average Bonchev–Trinajstić information content (AvgIpc) is 2.57. The van der Waals surface area contributed by atoms with Crippen LogP contribution in [0.15, 0.2) is 18.2 Å². The molecule has 1 rings (SSSR count). The van der Waals surface area contributed by atoms with Crippen molar-refractivity contribution >= 4 is 34.8 Å². The molecule has 0 saturated carbocycles. The number of carbonyl (C=O) groups is 3. The van der Waals surface area contributed by atoms with E-state index in [9.17, 15) is 14.4 Å². The van der Waals surface area contributed by atoms with E-state index >= 15 is 0 Å². The fourth-order valence-corrected chi connectivity index (χ4v) is 3.19. The quantitative estimate of drug-likeness (QED) is 0.401. The molecule has 1 aromatic carbocycles. The van der Waals surface area contributed by atoms with Crippen LogP contribution in [0.4, 0.5) is 17.1 Å². The van der Waals surface area contributed by atoms with Gasteiger partial charge < -0.3 is 16.0 Å². The third-order valence-corrected chi connectivity index (χ3v) is 4.56. The topological polar surface area (TPSA) is 87.3 Å². The molecule has 3 amide bonds. The molecule has 3 N–H and O–H groups in total. The first-order valence-corrected chi connectivity index (χ1v) is 11.1. The van der Waals surface area contributed by atoms with Gasteiger partial charge in [0.1, 0.15) is 0 Å². The van der Waals surface area contributed by atoms with E-state index in [1.807, 2.05) is 27.7 Å². The number of amides is 3. The maximum absolute atomic E-state index is 12.5. The normalized spacial score (nSPS) is 12.0. The fourth-order valence-electron chi connectivity index (χ4n) is 3.19. The number of unbranched alkanes of at least 4 members (excludes halogenated alkanes) is 1. The Hall–Kier alpha value is -2.37. The van der Waals surface area contributed by atoms with Gasteiger partial charge in [-0.25, -0.2) is 0 Å². The summed E-state index contributed by atoms with van der Waals surface area (Å²) < 4.78 is 0. The molecule has 1 atom stereocenters. The second kappa shape index (κ2) is 13.0. The van der Waals surface area contributed by atoms with Crippen LogP contribution in [0.2, 0.25) is 0 Å². The SMILES string of the molecule is CCCCC(C)CC(=O)Nc1cc(NC(=O)CC(C)C)cc(NC(=O)CC(C)C)c1. The second-order valence-electron chi connectivity index (χ2n) is 9.09. The molecule has 0 aromatic heterocycles. The van der Waals surface area contributed by atoms with Crippen molar-refractivity contribution in [2.75, 3.05) is 16.0 Å². The van der Waals surface area contributed by atoms with Gasteiger partial charge in [0.25, 0.3) is 0 Å². The summed E-state index contributed by atoms with van der Waals surface area (Å²) in [6, 6.07) is 5.17. The lowest BCUT2D eigenvalue weighted by molar-refractivity contribution is -0.117. The first kappa shape index (κ1) is 25.7. The van der Waals surface area contributed by atoms with Crippen LogP contribution in [-0.4, -0.2) is 17.7 Å². The van der Waals surface area contributed by atoms with Crippen molar-refractivity contribution in [3.8, 4) is 0 Å². The summed E-state index contributed by atoms with van der Waals surface area (Å²) in [6.07, 6.45) is 4.49. The third kappa shape index (κ3) is 11.0. The third-order valence-electron chi connectivity index (χ3n) is 4.56. The number of benzene rings is 1. The van der Waals surface area contributed by atoms with E-state index in [4.69, 9.17) is 0 Å². The Labute approximate surface area is 181 Å². The maximum Gasteiger partial charge on any atom is 0.224 e. The van der Waals surface area contributed by atoms with Gasteiger partial charge in [-0.05, 0) is 36.0 Å². The summed E-state index contributed by atoms with van der Waals surface area (Å²) in [5.41, 5.74) is 1.67. The predicted molar refractivity (Wildman–Crippen MR) is 125 cm³/mol. The summed E-state index contributed by atoms with van der Waals surface area (Å²) in [5.74, 6) is 0.528. The zero-order chi connectivity index (χ0) is 22.7. The molecule has 0 heterocycles. The van der Waals surface area contributed by atoms with Crippen molar-refractivity contribution in [2.24, 2.45) is 17.8 Å². The van der Waals surface area contributed by atoms with Crippen LogP contribution in [0.5, 0.6) is 0 Å². The molecular weight excluding hydrogens is 378 g/mol. The Bertz CT molecular complexity index is 671. The predicted octanol–water partition coefficient (Wildman–Crippen LogP) is 5.81. The van der Waals surface area contributed by atoms with Crippen LogP contribution in [0.25, 0.3) is 0 Å². The van der Waals surface area contributed by atoms with Gasteiger partial charge in [0.05, 0.1) is 0 Å². The van der Waals surface area contributed by atoms with Crippen LogP contribution in [0.1, 0.15) is 80.1 Å². The molecule has 1 aromatic rings. The second-order valence-corrected chi connectivity index (χ2v) is 9.09. The monoisotopic (exact) mass is 417 g/mol. The molecule has 6 nitrogen and oxygen atoms in total. The molecular formula is C24H39N3O3. The standard InChI is InChI=1S/C24H39N3O3/c1-7-8-9-18(6)12-24(30)27-21-14-19(25-22(28)10-16(2)3)13-20(15-21)26-23(29)11-17(4)5/h13-18H,7-12H2,1-6H3,(H,25,28)(H,26,29)(H,27,30). The van der Waals surface area contributed by atoms with Crippen LogP contribution < -0.4 is 16.0 Å². The Morgan fingerprint density at radius 2 is 1.07 bits per heavy atom. The lowest BCUT2D eigenvalue weighted by Crippen LogP contribution is -2.18. The zero-order valence-corrected chi connectivity index (χ0v) is 19.4. The number of hydrogen-bond acceptors (Lipinski definition) is 3. The molecule has 168 valence electrons. The Kier molecular flexibility index (Phi) is 11.2. The Balaban J connectivity index is 2.95. The number of hydrogen-bond donors (Lipinski definition) is 3. The van der Waals surface area contributed by atoms with Crippen LogP contribution in [0, 0.1) is 17.8 Å². The molecule has 0 aliphatic carbocycles. The van der Waals surface area contributed by atoms with Crippen LogP contribution in [0.3, 0.4) is 0 Å². The van der Waals surface area contributed by atoms with E-state index in [-0.39, 0.29) is 29.6 Å². The highest BCUT2D eigenvalue weighted by Gasteiger charge is 2.13. The highest BCUT2D eigenvalue weighted by atomic mass is 16.2. The van der Waals surface area contributed by atoms with Gasteiger partial charge >= 0.3 is 0 Å². The zero-order valence-electron chi connectivity index (χ0n) is 19.4. The molecule has 0 saturated heterocycles. The minimum absolute atomic E-state index is 0.0660. The van der Waals surface area contributed by atoms with Gasteiger partial charge in [-0.1, -0.05) is 60.8 Å². The summed E-state index contributed by atoms with van der Waals surface area (Å²) in [4.78, 5) is 36.8. The van der Waals surface area contributed by atoms with E-state index in [0.29, 0.717) is 42.2 Å². The maximum atomic E-state index is 12.5. The van der Waals surface area contributed by atoms with Gasteiger partial charge in [-0.2, -0.15) is 0 Å². The molecule has 6 heteroatoms. The van der Waals surface area contributed by atoms with Gasteiger partial charge in [0.15, 0.2) is 0 Å². The molecule has 0 radical (unpaired) electrons. The van der Waals surface area contributed by atoms with Crippen molar-refractivity contribution in [1.82, 2.24) is 0 Å². The minimum atomic E-state index is -0.0962. The molecule has 30 heavy (non-hydrogen) atoms. The molecule has 0 spiro atoms. The molecule has 0 aliphatic rings. The lowest BCUT2D eigenvalue weighted by atomic mass is 10.0. The highest BCUT2D eigenvalue weighted by molar-refractivity contribution is 5.97. The molecule has 0 fully saturated rings. The van der Waals surface area contributed by atoms with E-state index in [2.05, 4.69) is 29.8 Å². The van der Waals surface area contributed by atoms with Crippen LogP contribution >= 0.6 is 0 Å². The summed E-state index contributed by atoms with van der Waals surface area (Å²) in [6.45, 7) is 12.1. The van der Waals surface area contributed by atoms with Gasteiger partial charge in [0.2, 0.25) is 17.7 Å². The molecule has 0 bridgehead atoms. The van der Waals surface area contributed by atoms with Crippen LogP contribution in [-0.2, 0) is 14.4 Å². The van der Waals surface area contributed by atoms with Gasteiger partial charge in [-0.15, -0.1) is 0 Å². The van der Waals surface area contributed by atoms with E-state index in [0.717, 1.165) is 19.3 Å². The summed E-state index contributed by atoms with van der Waals surface area (Å²) >= 11 is 0. The Morgan fingerprint density at radius 1 is 0.700 bits per heavy atom. The summed E-state index contributed by atoms with van der Waals surface area (Å²) in [7, 11) is 0. The van der Waals surface area contributed by atoms with Crippen molar-refractivity contribution in [2.45, 2.75) is 80.1 Å². The fraction of sp³-hybridized carbons (Fsp3) is 0.625. The smallest absolute Gasteiger partial charge is 0.224 e. The summed E-state index contributed by atoms with van der Waals surface area (Å²) in [5, 5.41) is 8.65.